The summed E-state index contributed by atoms with van der Waals surface area (Å²) in [6.07, 6.45) is 6.43. The smallest absolute Gasteiger partial charge is 0.241 e. The first kappa shape index (κ1) is 13.0. The summed E-state index contributed by atoms with van der Waals surface area (Å²) in [5.74, 6) is 0.0446. The molecule has 92 valence electrons. The highest BCUT2D eigenvalue weighted by molar-refractivity contribution is 5.87. The average molecular weight is 226 g/mol. The number of nitrogens with one attached hydrogen (secondary N) is 1. The fourth-order valence-electron chi connectivity index (χ4n) is 1.88. The van der Waals surface area contributed by atoms with Gasteiger partial charge in [-0.3, -0.25) is 9.59 Å². The summed E-state index contributed by atoms with van der Waals surface area (Å²) < 4.78 is 0. The minimum atomic E-state index is -0.0122. The van der Waals surface area contributed by atoms with Crippen molar-refractivity contribution in [3.05, 3.63) is 0 Å². The molecule has 0 aromatic rings. The molecule has 16 heavy (non-hydrogen) atoms. The zero-order valence-electron chi connectivity index (χ0n) is 10.1. The van der Waals surface area contributed by atoms with Crippen molar-refractivity contribution in [2.45, 2.75) is 45.4 Å². The molecule has 1 N–H and O–H groups in total. The second-order valence-corrected chi connectivity index (χ2v) is 4.32. The van der Waals surface area contributed by atoms with E-state index in [-0.39, 0.29) is 18.4 Å². The highest BCUT2D eigenvalue weighted by Gasteiger charge is 2.18. The van der Waals surface area contributed by atoms with Gasteiger partial charge in [0.2, 0.25) is 11.8 Å². The van der Waals surface area contributed by atoms with Crippen LogP contribution in [-0.2, 0) is 9.59 Å². The van der Waals surface area contributed by atoms with Gasteiger partial charge in [0, 0.05) is 19.5 Å². The molecule has 1 fully saturated rings. The van der Waals surface area contributed by atoms with Gasteiger partial charge in [0.15, 0.2) is 0 Å². The second kappa shape index (κ2) is 7.25. The third-order valence-electron chi connectivity index (χ3n) is 2.93. The molecular formula is C12H22N2O2. The fourth-order valence-corrected chi connectivity index (χ4v) is 1.88. The Bertz CT molecular complexity index is 241. The molecule has 0 aromatic heterocycles. The van der Waals surface area contributed by atoms with Crippen LogP contribution in [0, 0.1) is 0 Å². The Morgan fingerprint density at radius 1 is 1.19 bits per heavy atom. The molecule has 4 heteroatoms. The van der Waals surface area contributed by atoms with Gasteiger partial charge in [0.1, 0.15) is 0 Å². The molecule has 0 radical (unpaired) electrons. The van der Waals surface area contributed by atoms with Crippen LogP contribution in [0.5, 0.6) is 0 Å². The van der Waals surface area contributed by atoms with E-state index in [9.17, 15) is 9.59 Å². The van der Waals surface area contributed by atoms with Gasteiger partial charge in [-0.1, -0.05) is 32.6 Å². The molecule has 0 saturated carbocycles. The molecule has 0 spiro atoms. The Balaban J connectivity index is 2.19. The maximum atomic E-state index is 11.6. The van der Waals surface area contributed by atoms with E-state index in [1.165, 1.54) is 25.7 Å². The topological polar surface area (TPSA) is 49.4 Å². The predicted molar refractivity (Wildman–Crippen MR) is 63.0 cm³/mol. The quantitative estimate of drug-likeness (QED) is 0.694. The Hall–Kier alpha value is -1.06. The Morgan fingerprint density at radius 3 is 2.69 bits per heavy atom. The van der Waals surface area contributed by atoms with E-state index in [1.54, 1.807) is 0 Å². The van der Waals surface area contributed by atoms with E-state index >= 15 is 0 Å². The number of carbonyl (C=O) groups excluding carboxylic acids is 2. The lowest BCUT2D eigenvalue weighted by Gasteiger charge is -2.19. The number of nitrogens with zero attached hydrogens (tertiary/aromatic N) is 1. The Kier molecular flexibility index (Phi) is 5.90. The largest absolute Gasteiger partial charge is 0.347 e. The van der Waals surface area contributed by atoms with Crippen LogP contribution >= 0.6 is 0 Å². The van der Waals surface area contributed by atoms with Gasteiger partial charge in [0.05, 0.1) is 6.54 Å². The van der Waals surface area contributed by atoms with Crippen LogP contribution in [0.3, 0.4) is 0 Å². The molecule has 1 aliphatic rings. The molecule has 1 rings (SSSR count). The predicted octanol–water partition coefficient (Wildman–Crippen LogP) is 1.31. The number of carbonyl (C=O) groups is 2. The van der Waals surface area contributed by atoms with Gasteiger partial charge < -0.3 is 10.2 Å². The third kappa shape index (κ3) is 4.64. The van der Waals surface area contributed by atoms with Gasteiger partial charge >= 0.3 is 0 Å². The number of hydrogen-bond acceptors (Lipinski definition) is 2. The molecule has 0 unspecified atom stereocenters. The number of amides is 2. The van der Waals surface area contributed by atoms with E-state index in [2.05, 4.69) is 12.2 Å². The van der Waals surface area contributed by atoms with Gasteiger partial charge in [-0.2, -0.15) is 0 Å². The van der Waals surface area contributed by atoms with Crippen LogP contribution < -0.4 is 5.32 Å². The first-order chi connectivity index (χ1) is 7.74. The van der Waals surface area contributed by atoms with Gasteiger partial charge in [-0.25, -0.2) is 0 Å². The summed E-state index contributed by atoms with van der Waals surface area (Å²) in [7, 11) is 0. The van der Waals surface area contributed by atoms with E-state index in [0.717, 1.165) is 13.0 Å². The summed E-state index contributed by atoms with van der Waals surface area (Å²) in [4.78, 5) is 24.5. The molecule has 0 aromatic carbocycles. The van der Waals surface area contributed by atoms with Gasteiger partial charge in [-0.15, -0.1) is 0 Å². The maximum absolute atomic E-state index is 11.6. The van der Waals surface area contributed by atoms with E-state index in [1.807, 2.05) is 4.90 Å². The minimum Gasteiger partial charge on any atom is -0.347 e. The highest BCUT2D eigenvalue weighted by atomic mass is 16.2. The Morgan fingerprint density at radius 2 is 1.94 bits per heavy atom. The van der Waals surface area contributed by atoms with Crippen molar-refractivity contribution >= 4 is 11.8 Å². The fraction of sp³-hybridized carbons (Fsp3) is 0.833. The standard InChI is InChI=1S/C12H22N2O2/c1-2-3-4-5-6-8-14-9-7-11(15)13-10-12(14)16/h2-10H2,1H3,(H,13,15). The van der Waals surface area contributed by atoms with Crippen molar-refractivity contribution in [1.29, 1.82) is 0 Å². The molecule has 0 bridgehead atoms. The van der Waals surface area contributed by atoms with E-state index in [0.29, 0.717) is 13.0 Å². The highest BCUT2D eigenvalue weighted by Crippen LogP contribution is 2.05. The lowest BCUT2D eigenvalue weighted by Crippen LogP contribution is -2.35. The summed E-state index contributed by atoms with van der Waals surface area (Å²) in [5.41, 5.74) is 0. The summed E-state index contributed by atoms with van der Waals surface area (Å²) in [6.45, 7) is 3.75. The molecular weight excluding hydrogens is 204 g/mol. The molecule has 1 aliphatic heterocycles. The number of hydrogen-bond donors (Lipinski definition) is 1. The van der Waals surface area contributed by atoms with Crippen LogP contribution in [0.15, 0.2) is 0 Å². The lowest BCUT2D eigenvalue weighted by atomic mass is 10.1. The van der Waals surface area contributed by atoms with Crippen molar-refractivity contribution in [3.8, 4) is 0 Å². The first-order valence-corrected chi connectivity index (χ1v) is 6.28. The van der Waals surface area contributed by atoms with Crippen LogP contribution in [-0.4, -0.2) is 36.3 Å². The normalized spacial score (nSPS) is 17.2. The SMILES string of the molecule is CCCCCCCN1CCC(=O)NCC1=O. The van der Waals surface area contributed by atoms with Crippen LogP contribution in [0.2, 0.25) is 0 Å². The van der Waals surface area contributed by atoms with Crippen molar-refractivity contribution in [1.82, 2.24) is 10.2 Å². The lowest BCUT2D eigenvalue weighted by molar-refractivity contribution is -0.130. The molecule has 1 saturated heterocycles. The number of unbranched alkanes of at least 4 members (excludes halogenated alkanes) is 4. The monoisotopic (exact) mass is 226 g/mol. The van der Waals surface area contributed by atoms with Crippen molar-refractivity contribution < 1.29 is 9.59 Å². The average Bonchev–Trinajstić information content (AvgIpc) is 2.43. The molecule has 0 aliphatic carbocycles. The van der Waals surface area contributed by atoms with Crippen molar-refractivity contribution in [2.24, 2.45) is 0 Å². The Labute approximate surface area is 97.4 Å². The first-order valence-electron chi connectivity index (χ1n) is 6.28. The molecule has 2 amide bonds. The van der Waals surface area contributed by atoms with Crippen molar-refractivity contribution in [3.63, 3.8) is 0 Å². The summed E-state index contributed by atoms with van der Waals surface area (Å²) in [6, 6.07) is 0. The second-order valence-electron chi connectivity index (χ2n) is 4.32. The van der Waals surface area contributed by atoms with E-state index < -0.39 is 0 Å². The molecule has 4 nitrogen and oxygen atoms in total. The van der Waals surface area contributed by atoms with E-state index in [4.69, 9.17) is 0 Å². The minimum absolute atomic E-state index is 0.0122. The number of rotatable bonds is 6. The summed E-state index contributed by atoms with van der Waals surface area (Å²) in [5, 5.41) is 2.60. The van der Waals surface area contributed by atoms with Crippen LogP contribution in [0.1, 0.15) is 45.4 Å². The van der Waals surface area contributed by atoms with Crippen LogP contribution in [0.4, 0.5) is 0 Å². The third-order valence-corrected chi connectivity index (χ3v) is 2.93. The zero-order valence-corrected chi connectivity index (χ0v) is 10.1. The molecule has 0 atom stereocenters. The van der Waals surface area contributed by atoms with Gasteiger partial charge in [0.25, 0.3) is 0 Å². The molecule has 1 heterocycles. The van der Waals surface area contributed by atoms with Gasteiger partial charge in [-0.05, 0) is 6.42 Å². The van der Waals surface area contributed by atoms with Crippen LogP contribution in [0.25, 0.3) is 0 Å². The van der Waals surface area contributed by atoms with Crippen molar-refractivity contribution in [2.75, 3.05) is 19.6 Å². The zero-order chi connectivity index (χ0) is 11.8. The maximum Gasteiger partial charge on any atom is 0.241 e. The summed E-state index contributed by atoms with van der Waals surface area (Å²) >= 11 is 0.